The molecule has 1 aromatic carbocycles. The molecule has 0 spiro atoms. The number of benzene rings is 1. The lowest BCUT2D eigenvalue weighted by Crippen LogP contribution is -2.44. The molecule has 1 aromatic rings. The first kappa shape index (κ1) is 16.7. The van der Waals surface area contributed by atoms with Crippen LogP contribution in [0.3, 0.4) is 0 Å². The second-order valence-corrected chi connectivity index (χ2v) is 6.13. The molecule has 0 saturated heterocycles. The molecule has 0 fully saturated rings. The highest BCUT2D eigenvalue weighted by molar-refractivity contribution is 5.74. The molecule has 2 atom stereocenters. The van der Waals surface area contributed by atoms with Crippen LogP contribution < -0.4 is 0 Å². The first-order chi connectivity index (χ1) is 9.32. The van der Waals surface area contributed by atoms with Crippen molar-refractivity contribution in [2.24, 2.45) is 17.8 Å². The number of esters is 1. The van der Waals surface area contributed by atoms with E-state index in [1.807, 2.05) is 58.0 Å². The van der Waals surface area contributed by atoms with Crippen LogP contribution in [0.1, 0.15) is 39.7 Å². The lowest BCUT2D eigenvalue weighted by molar-refractivity contribution is -0.162. The molecular formula is C17H26O3. The number of hydrogen-bond acceptors (Lipinski definition) is 3. The maximum atomic E-state index is 12.2. The summed E-state index contributed by atoms with van der Waals surface area (Å²) in [5.74, 6) is -0.665. The highest BCUT2D eigenvalue weighted by atomic mass is 16.5. The summed E-state index contributed by atoms with van der Waals surface area (Å²) in [6.45, 7) is 7.97. The molecule has 0 heterocycles. The van der Waals surface area contributed by atoms with Gasteiger partial charge in [0, 0.05) is 0 Å². The van der Waals surface area contributed by atoms with Crippen molar-refractivity contribution in [3.05, 3.63) is 35.9 Å². The molecule has 20 heavy (non-hydrogen) atoms. The van der Waals surface area contributed by atoms with Crippen LogP contribution in [0.4, 0.5) is 0 Å². The van der Waals surface area contributed by atoms with Crippen LogP contribution >= 0.6 is 0 Å². The fraction of sp³-hybridized carbons (Fsp3) is 0.588. The van der Waals surface area contributed by atoms with Gasteiger partial charge in [0.15, 0.2) is 0 Å². The molecule has 0 aliphatic carbocycles. The largest absolute Gasteiger partial charge is 0.469 e. The molecular weight excluding hydrogens is 252 g/mol. The Hall–Kier alpha value is -1.35. The summed E-state index contributed by atoms with van der Waals surface area (Å²) in [5.41, 5.74) is -0.422. The quantitative estimate of drug-likeness (QED) is 0.812. The molecule has 2 unspecified atom stereocenters. The van der Waals surface area contributed by atoms with E-state index in [0.717, 1.165) is 5.56 Å². The number of carbonyl (C=O) groups is 1. The van der Waals surface area contributed by atoms with E-state index in [4.69, 9.17) is 4.74 Å². The van der Waals surface area contributed by atoms with E-state index >= 15 is 0 Å². The number of carbonyl (C=O) groups excluding carboxylic acids is 1. The molecule has 1 N–H and O–H groups in total. The average molecular weight is 278 g/mol. The smallest absolute Gasteiger partial charge is 0.312 e. The second kappa shape index (κ2) is 6.89. The van der Waals surface area contributed by atoms with E-state index in [9.17, 15) is 9.90 Å². The van der Waals surface area contributed by atoms with Crippen LogP contribution in [0.15, 0.2) is 30.3 Å². The zero-order valence-corrected chi connectivity index (χ0v) is 13.1. The van der Waals surface area contributed by atoms with Crippen molar-refractivity contribution in [1.29, 1.82) is 0 Å². The minimum Gasteiger partial charge on any atom is -0.469 e. The fourth-order valence-electron chi connectivity index (χ4n) is 2.92. The average Bonchev–Trinajstić information content (AvgIpc) is 2.38. The Morgan fingerprint density at radius 2 is 1.75 bits per heavy atom. The van der Waals surface area contributed by atoms with E-state index < -0.39 is 11.5 Å². The monoisotopic (exact) mass is 278 g/mol. The molecule has 0 aliphatic rings. The molecule has 112 valence electrons. The van der Waals surface area contributed by atoms with Gasteiger partial charge < -0.3 is 9.84 Å². The Morgan fingerprint density at radius 3 is 2.15 bits per heavy atom. The predicted octanol–water partition coefficient (Wildman–Crippen LogP) is 3.37. The van der Waals surface area contributed by atoms with Gasteiger partial charge in [0.25, 0.3) is 0 Å². The van der Waals surface area contributed by atoms with Crippen molar-refractivity contribution < 1.29 is 14.6 Å². The Balaban J connectivity index is 3.32. The van der Waals surface area contributed by atoms with Crippen LogP contribution in [0.5, 0.6) is 0 Å². The van der Waals surface area contributed by atoms with Gasteiger partial charge in [-0.3, -0.25) is 4.79 Å². The van der Waals surface area contributed by atoms with Gasteiger partial charge in [-0.05, 0) is 23.8 Å². The first-order valence-electron chi connectivity index (χ1n) is 7.18. The Bertz CT molecular complexity index is 425. The van der Waals surface area contributed by atoms with Crippen LogP contribution in [0.25, 0.3) is 0 Å². The van der Waals surface area contributed by atoms with E-state index in [0.29, 0.717) is 6.42 Å². The van der Waals surface area contributed by atoms with Gasteiger partial charge >= 0.3 is 5.97 Å². The Kier molecular flexibility index (Phi) is 5.75. The minimum absolute atomic E-state index is 0.00796. The third-order valence-electron chi connectivity index (χ3n) is 3.63. The number of methoxy groups -OCH3 is 1. The van der Waals surface area contributed by atoms with E-state index in [1.54, 1.807) is 0 Å². The summed E-state index contributed by atoms with van der Waals surface area (Å²) in [6, 6.07) is 9.42. The first-order valence-corrected chi connectivity index (χ1v) is 7.18. The topological polar surface area (TPSA) is 46.5 Å². The van der Waals surface area contributed by atoms with Gasteiger partial charge in [-0.15, -0.1) is 0 Å². The maximum absolute atomic E-state index is 12.2. The van der Waals surface area contributed by atoms with Crippen molar-refractivity contribution in [2.75, 3.05) is 7.11 Å². The van der Waals surface area contributed by atoms with Gasteiger partial charge in [0.1, 0.15) is 5.60 Å². The molecule has 0 radical (unpaired) electrons. The standard InChI is InChI=1S/C17H26O3/c1-12(2)11-17(19,14-9-7-6-8-10-14)15(13(3)4)16(18)20-5/h6-10,12-13,15,19H,11H2,1-5H3. The Morgan fingerprint density at radius 1 is 1.20 bits per heavy atom. The minimum atomic E-state index is -1.20. The lowest BCUT2D eigenvalue weighted by atomic mass is 9.71. The van der Waals surface area contributed by atoms with E-state index in [-0.39, 0.29) is 17.8 Å². The number of rotatable bonds is 6. The van der Waals surface area contributed by atoms with Crippen LogP contribution in [0, 0.1) is 17.8 Å². The van der Waals surface area contributed by atoms with E-state index in [1.165, 1.54) is 7.11 Å². The molecule has 3 nitrogen and oxygen atoms in total. The molecule has 0 saturated carbocycles. The summed E-state index contributed by atoms with van der Waals surface area (Å²) < 4.78 is 4.92. The van der Waals surface area contributed by atoms with Crippen LogP contribution in [0.2, 0.25) is 0 Å². The van der Waals surface area contributed by atoms with Gasteiger partial charge in [0.2, 0.25) is 0 Å². The molecule has 1 rings (SSSR count). The summed E-state index contributed by atoms with van der Waals surface area (Å²) in [6.07, 6.45) is 0.523. The molecule has 0 aliphatic heterocycles. The number of hydrogen-bond donors (Lipinski definition) is 1. The molecule has 0 amide bonds. The summed E-state index contributed by atoms with van der Waals surface area (Å²) >= 11 is 0. The van der Waals surface area contributed by atoms with E-state index in [2.05, 4.69) is 0 Å². The third-order valence-corrected chi connectivity index (χ3v) is 3.63. The fourth-order valence-corrected chi connectivity index (χ4v) is 2.92. The number of aliphatic hydroxyl groups is 1. The predicted molar refractivity (Wildman–Crippen MR) is 80.1 cm³/mol. The molecule has 3 heteroatoms. The van der Waals surface area contributed by atoms with Gasteiger partial charge in [0.05, 0.1) is 13.0 Å². The summed E-state index contributed by atoms with van der Waals surface area (Å²) in [4.78, 5) is 12.2. The second-order valence-electron chi connectivity index (χ2n) is 6.13. The molecule has 0 aromatic heterocycles. The van der Waals surface area contributed by atoms with Crippen LogP contribution in [-0.2, 0) is 15.1 Å². The Labute approximate surface area is 122 Å². The van der Waals surface area contributed by atoms with Crippen molar-refractivity contribution in [3.63, 3.8) is 0 Å². The maximum Gasteiger partial charge on any atom is 0.312 e. The number of ether oxygens (including phenoxy) is 1. The zero-order chi connectivity index (χ0) is 15.3. The summed E-state index contributed by atoms with van der Waals surface area (Å²) in [7, 11) is 1.37. The summed E-state index contributed by atoms with van der Waals surface area (Å²) in [5, 5.41) is 11.3. The zero-order valence-electron chi connectivity index (χ0n) is 13.1. The van der Waals surface area contributed by atoms with Crippen molar-refractivity contribution in [2.45, 2.75) is 39.7 Å². The normalized spacial score (nSPS) is 16.0. The van der Waals surface area contributed by atoms with Crippen molar-refractivity contribution >= 4 is 5.97 Å². The van der Waals surface area contributed by atoms with Crippen LogP contribution in [-0.4, -0.2) is 18.2 Å². The van der Waals surface area contributed by atoms with Gasteiger partial charge in [-0.25, -0.2) is 0 Å². The highest BCUT2D eigenvalue weighted by Crippen LogP contribution is 2.40. The SMILES string of the molecule is COC(=O)C(C(C)C)C(O)(CC(C)C)c1ccccc1. The molecule has 0 bridgehead atoms. The highest BCUT2D eigenvalue weighted by Gasteiger charge is 2.45. The van der Waals surface area contributed by atoms with Gasteiger partial charge in [-0.1, -0.05) is 58.0 Å². The third kappa shape index (κ3) is 3.60. The van der Waals surface area contributed by atoms with Gasteiger partial charge in [-0.2, -0.15) is 0 Å². The van der Waals surface area contributed by atoms with Crippen molar-refractivity contribution in [3.8, 4) is 0 Å². The lowest BCUT2D eigenvalue weighted by Gasteiger charge is -2.38. The van der Waals surface area contributed by atoms with Crippen molar-refractivity contribution in [1.82, 2.24) is 0 Å².